The average Bonchev–Trinajstić information content (AvgIpc) is 2.68. The molecule has 2 rings (SSSR count). The standard InChI is InChI=1S/C14H18N2O/c1-10(2)17-13-7-11(3)14(12(4)8-13)16-6-5-15-9-16/h5-10H,1-4H3. The van der Waals surface area contributed by atoms with Crippen LogP contribution >= 0.6 is 0 Å². The molecule has 3 nitrogen and oxygen atoms in total. The molecule has 0 spiro atoms. The van der Waals surface area contributed by atoms with E-state index in [4.69, 9.17) is 4.74 Å². The second-order valence-electron chi connectivity index (χ2n) is 4.54. The number of imidazole rings is 1. The largest absolute Gasteiger partial charge is 0.491 e. The van der Waals surface area contributed by atoms with E-state index in [1.54, 1.807) is 6.20 Å². The summed E-state index contributed by atoms with van der Waals surface area (Å²) in [5, 5.41) is 0. The number of benzene rings is 1. The molecule has 0 aliphatic rings. The van der Waals surface area contributed by atoms with E-state index >= 15 is 0 Å². The fraction of sp³-hybridized carbons (Fsp3) is 0.357. The fourth-order valence-corrected chi connectivity index (χ4v) is 2.06. The van der Waals surface area contributed by atoms with Crippen LogP contribution in [0.1, 0.15) is 25.0 Å². The molecule has 1 aromatic heterocycles. The lowest BCUT2D eigenvalue weighted by Crippen LogP contribution is -2.07. The highest BCUT2D eigenvalue weighted by Gasteiger charge is 2.08. The molecule has 1 heterocycles. The lowest BCUT2D eigenvalue weighted by Gasteiger charge is -2.15. The van der Waals surface area contributed by atoms with Crippen LogP contribution in [0.15, 0.2) is 30.9 Å². The van der Waals surface area contributed by atoms with Gasteiger partial charge in [-0.1, -0.05) is 0 Å². The van der Waals surface area contributed by atoms with Crippen molar-refractivity contribution >= 4 is 0 Å². The summed E-state index contributed by atoms with van der Waals surface area (Å²) in [5.41, 5.74) is 3.57. The number of hydrogen-bond donors (Lipinski definition) is 0. The number of nitrogens with zero attached hydrogens (tertiary/aromatic N) is 2. The van der Waals surface area contributed by atoms with Crippen LogP contribution in [0.5, 0.6) is 5.75 Å². The Morgan fingerprint density at radius 1 is 1.18 bits per heavy atom. The van der Waals surface area contributed by atoms with Crippen LogP contribution in [0.2, 0.25) is 0 Å². The molecule has 0 bridgehead atoms. The lowest BCUT2D eigenvalue weighted by molar-refractivity contribution is 0.242. The van der Waals surface area contributed by atoms with Gasteiger partial charge >= 0.3 is 0 Å². The number of aromatic nitrogens is 2. The van der Waals surface area contributed by atoms with E-state index < -0.39 is 0 Å². The molecule has 0 N–H and O–H groups in total. The Morgan fingerprint density at radius 3 is 2.29 bits per heavy atom. The van der Waals surface area contributed by atoms with E-state index in [2.05, 4.69) is 31.0 Å². The predicted octanol–water partition coefficient (Wildman–Crippen LogP) is 3.28. The molecule has 90 valence electrons. The zero-order valence-electron chi connectivity index (χ0n) is 10.8. The zero-order chi connectivity index (χ0) is 12.4. The third-order valence-corrected chi connectivity index (χ3v) is 2.60. The van der Waals surface area contributed by atoms with Crippen molar-refractivity contribution in [2.24, 2.45) is 0 Å². The number of hydrogen-bond acceptors (Lipinski definition) is 2. The van der Waals surface area contributed by atoms with Crippen LogP contribution in [0.4, 0.5) is 0 Å². The summed E-state index contributed by atoms with van der Waals surface area (Å²) in [5.74, 6) is 0.930. The van der Waals surface area contributed by atoms with Gasteiger partial charge in [0, 0.05) is 12.4 Å². The first-order valence-electron chi connectivity index (χ1n) is 5.84. The molecule has 1 aromatic carbocycles. The molecule has 0 saturated heterocycles. The topological polar surface area (TPSA) is 27.1 Å². The van der Waals surface area contributed by atoms with Crippen molar-refractivity contribution in [2.45, 2.75) is 33.8 Å². The summed E-state index contributed by atoms with van der Waals surface area (Å²) < 4.78 is 7.75. The highest BCUT2D eigenvalue weighted by atomic mass is 16.5. The first-order valence-corrected chi connectivity index (χ1v) is 5.84. The average molecular weight is 230 g/mol. The first-order chi connectivity index (χ1) is 8.08. The molecule has 3 heteroatoms. The van der Waals surface area contributed by atoms with Crippen molar-refractivity contribution in [1.82, 2.24) is 9.55 Å². The molecule has 0 fully saturated rings. The highest BCUT2D eigenvalue weighted by molar-refractivity contribution is 5.51. The number of ether oxygens (including phenoxy) is 1. The van der Waals surface area contributed by atoms with Crippen molar-refractivity contribution < 1.29 is 4.74 Å². The zero-order valence-corrected chi connectivity index (χ0v) is 10.8. The minimum atomic E-state index is 0.202. The van der Waals surface area contributed by atoms with E-state index in [9.17, 15) is 0 Å². The van der Waals surface area contributed by atoms with Gasteiger partial charge in [0.05, 0.1) is 18.1 Å². The van der Waals surface area contributed by atoms with Gasteiger partial charge in [0.1, 0.15) is 5.75 Å². The summed E-state index contributed by atoms with van der Waals surface area (Å²) in [6, 6.07) is 4.14. The van der Waals surface area contributed by atoms with E-state index in [0.29, 0.717) is 0 Å². The van der Waals surface area contributed by atoms with Gasteiger partial charge < -0.3 is 9.30 Å². The normalized spacial score (nSPS) is 10.9. The van der Waals surface area contributed by atoms with Gasteiger partial charge in [0.2, 0.25) is 0 Å². The Kier molecular flexibility index (Phi) is 3.18. The van der Waals surface area contributed by atoms with Crippen molar-refractivity contribution in [2.75, 3.05) is 0 Å². The predicted molar refractivity (Wildman–Crippen MR) is 68.8 cm³/mol. The van der Waals surface area contributed by atoms with E-state index in [1.165, 1.54) is 16.8 Å². The number of aryl methyl sites for hydroxylation is 2. The third kappa shape index (κ3) is 2.49. The first kappa shape index (κ1) is 11.7. The molecule has 0 aliphatic carbocycles. The van der Waals surface area contributed by atoms with Crippen LogP contribution < -0.4 is 4.74 Å². The van der Waals surface area contributed by atoms with Crippen LogP contribution in [-0.2, 0) is 0 Å². The van der Waals surface area contributed by atoms with E-state index in [0.717, 1.165) is 5.75 Å². The summed E-state index contributed by atoms with van der Waals surface area (Å²) in [4.78, 5) is 4.08. The van der Waals surface area contributed by atoms with Gasteiger partial charge in [-0.3, -0.25) is 0 Å². The molecule has 17 heavy (non-hydrogen) atoms. The van der Waals surface area contributed by atoms with Crippen LogP contribution in [0.25, 0.3) is 5.69 Å². The van der Waals surface area contributed by atoms with E-state index in [-0.39, 0.29) is 6.10 Å². The SMILES string of the molecule is Cc1cc(OC(C)C)cc(C)c1-n1ccnc1. The molecule has 0 unspecified atom stereocenters. The smallest absolute Gasteiger partial charge is 0.120 e. The van der Waals surface area contributed by atoms with Crippen molar-refractivity contribution in [3.8, 4) is 11.4 Å². The summed E-state index contributed by atoms with van der Waals surface area (Å²) in [6.07, 6.45) is 5.77. The van der Waals surface area contributed by atoms with Gasteiger partial charge in [0.25, 0.3) is 0 Å². The Morgan fingerprint density at radius 2 is 1.82 bits per heavy atom. The Labute approximate surface area is 102 Å². The molecule has 2 aromatic rings. The lowest BCUT2D eigenvalue weighted by atomic mass is 10.1. The summed E-state index contributed by atoms with van der Waals surface area (Å²) in [6.45, 7) is 8.26. The maximum atomic E-state index is 5.72. The maximum absolute atomic E-state index is 5.72. The Hall–Kier alpha value is -1.77. The third-order valence-electron chi connectivity index (χ3n) is 2.60. The molecule has 0 radical (unpaired) electrons. The van der Waals surface area contributed by atoms with Gasteiger partial charge in [-0.15, -0.1) is 0 Å². The van der Waals surface area contributed by atoms with Gasteiger partial charge in [-0.2, -0.15) is 0 Å². The van der Waals surface area contributed by atoms with Crippen molar-refractivity contribution in [3.05, 3.63) is 42.0 Å². The molecule has 0 saturated carbocycles. The monoisotopic (exact) mass is 230 g/mol. The second kappa shape index (κ2) is 4.62. The Balaban J connectivity index is 2.43. The van der Waals surface area contributed by atoms with Crippen molar-refractivity contribution in [1.29, 1.82) is 0 Å². The second-order valence-corrected chi connectivity index (χ2v) is 4.54. The molecular weight excluding hydrogens is 212 g/mol. The van der Waals surface area contributed by atoms with Crippen LogP contribution in [0, 0.1) is 13.8 Å². The fourth-order valence-electron chi connectivity index (χ4n) is 2.06. The van der Waals surface area contributed by atoms with E-state index in [1.807, 2.05) is 30.9 Å². The highest BCUT2D eigenvalue weighted by Crippen LogP contribution is 2.25. The molecular formula is C14H18N2O. The minimum Gasteiger partial charge on any atom is -0.491 e. The van der Waals surface area contributed by atoms with Crippen LogP contribution in [0.3, 0.4) is 0 Å². The molecule has 0 aliphatic heterocycles. The van der Waals surface area contributed by atoms with Gasteiger partial charge in [-0.25, -0.2) is 4.98 Å². The quantitative estimate of drug-likeness (QED) is 0.809. The molecule has 0 amide bonds. The number of rotatable bonds is 3. The van der Waals surface area contributed by atoms with Gasteiger partial charge in [0.15, 0.2) is 0 Å². The van der Waals surface area contributed by atoms with Crippen LogP contribution in [-0.4, -0.2) is 15.7 Å². The summed E-state index contributed by atoms with van der Waals surface area (Å²) >= 11 is 0. The molecule has 0 atom stereocenters. The Bertz CT molecular complexity index is 478. The maximum Gasteiger partial charge on any atom is 0.120 e. The van der Waals surface area contributed by atoms with Crippen molar-refractivity contribution in [3.63, 3.8) is 0 Å². The van der Waals surface area contributed by atoms with Gasteiger partial charge in [-0.05, 0) is 51.0 Å². The summed E-state index contributed by atoms with van der Waals surface area (Å²) in [7, 11) is 0. The minimum absolute atomic E-state index is 0.202.